The van der Waals surface area contributed by atoms with E-state index in [4.69, 9.17) is 23.8 Å². The maximum atomic E-state index is 12.7. The summed E-state index contributed by atoms with van der Waals surface area (Å²) in [5.74, 6) is 2.60. The van der Waals surface area contributed by atoms with Gasteiger partial charge in [-0.2, -0.15) is 0 Å². The number of ether oxygens (including phenoxy) is 2. The smallest absolute Gasteiger partial charge is 0.399 e. The van der Waals surface area contributed by atoms with Crippen molar-refractivity contribution in [3.8, 4) is 11.3 Å². The topological polar surface area (TPSA) is 219 Å². The number of aliphatic hydroxyl groups excluding tert-OH is 1. The van der Waals surface area contributed by atoms with E-state index in [2.05, 4.69) is 51.5 Å². The molecule has 4 aromatic heterocycles. The van der Waals surface area contributed by atoms with Crippen LogP contribution in [-0.4, -0.2) is 122 Å². The van der Waals surface area contributed by atoms with Crippen LogP contribution in [-0.2, 0) is 34.0 Å². The van der Waals surface area contributed by atoms with Crippen LogP contribution in [0.3, 0.4) is 0 Å². The molecule has 18 nitrogen and oxygen atoms in total. The molecule has 21 heteroatoms. The Kier molecular flexibility index (Phi) is 18.7. The van der Waals surface area contributed by atoms with Crippen molar-refractivity contribution in [2.24, 2.45) is 0 Å². The first-order valence-electron chi connectivity index (χ1n) is 23.0. The molecule has 5 aliphatic rings. The highest BCUT2D eigenvalue weighted by atomic mass is 79.9. The summed E-state index contributed by atoms with van der Waals surface area (Å²) in [4.78, 5) is 55.2. The average Bonchev–Trinajstić information content (AvgIpc) is 3.54. The van der Waals surface area contributed by atoms with Gasteiger partial charge in [0.15, 0.2) is 23.3 Å². The van der Waals surface area contributed by atoms with Crippen molar-refractivity contribution in [1.29, 1.82) is 0 Å². The summed E-state index contributed by atoms with van der Waals surface area (Å²) in [7, 11) is 3.09. The second-order valence-electron chi connectivity index (χ2n) is 19.1. The monoisotopic (exact) mass is 1040 g/mol. The van der Waals surface area contributed by atoms with Gasteiger partial charge in [-0.15, -0.1) is 12.4 Å². The highest BCUT2D eigenvalue weighted by molar-refractivity contribution is 9.10. The molecular weight excluding hydrogens is 975 g/mol. The first-order valence-corrected chi connectivity index (χ1v) is 23.8. The number of carbonyl (C=O) groups excluding carboxylic acids is 2. The summed E-state index contributed by atoms with van der Waals surface area (Å²) >= 11 is 3.32. The predicted octanol–water partition coefficient (Wildman–Crippen LogP) is 6.93. The third-order valence-electron chi connectivity index (χ3n) is 13.4. The lowest BCUT2D eigenvalue weighted by molar-refractivity contribution is -0.118. The van der Waals surface area contributed by atoms with Crippen LogP contribution >= 0.6 is 28.3 Å². The molecule has 376 valence electrons. The Morgan fingerprint density at radius 2 is 1.26 bits per heavy atom. The number of anilines is 4. The Morgan fingerprint density at radius 1 is 0.754 bits per heavy atom. The van der Waals surface area contributed by atoms with Crippen LogP contribution in [0.5, 0.6) is 0 Å². The summed E-state index contributed by atoms with van der Waals surface area (Å²) < 4.78 is 23.3. The molecule has 2 saturated carbocycles. The number of amides is 2. The Hall–Kier alpha value is -4.41. The van der Waals surface area contributed by atoms with E-state index in [0.29, 0.717) is 51.1 Å². The van der Waals surface area contributed by atoms with Gasteiger partial charge >= 0.3 is 7.12 Å². The van der Waals surface area contributed by atoms with Crippen LogP contribution in [0.15, 0.2) is 53.7 Å². The summed E-state index contributed by atoms with van der Waals surface area (Å²) in [6.45, 7) is 13.7. The fourth-order valence-electron chi connectivity index (χ4n) is 8.71. The molecular formula is C48H69BBrClN10O8. The fourth-order valence-corrected chi connectivity index (χ4v) is 8.98. The number of halogens is 2. The minimum Gasteiger partial charge on any atom is -0.399 e. The zero-order chi connectivity index (χ0) is 48.3. The standard InChI is InChI=1S/C21H27N5O3.C13H20BNO3.C13H17BrN4O2.CH4.ClH/c1-21(2,28)17-9-4-13(10-22-17)16-11-23-19-20(25-16)26(18(27)12-24-19)14-5-7-15(29-3)8-6-14;1-9(16)11-7-6-10(8-15-11)14-17-12(2,3)13(4,5)18-14;1-20-9-4-2-8(3-5-9)18-11(19)7-16-12-13(18)17-10(14)6-15-12;;/h4,9-11,14-15,28H,5-8,12H2,1-3H3,(H,23,24);6-9,16H,1-5H3;6,8-9H,2-5,7H2,1H3,(H,15,16);1H4;1H/i21+2;9+2;;;. The molecule has 4 N–H and O–H groups in total. The summed E-state index contributed by atoms with van der Waals surface area (Å²) in [6.07, 6.45) is 14.2. The average molecular weight is 1040 g/mol. The maximum absolute atomic E-state index is 12.7. The maximum Gasteiger partial charge on any atom is 0.496 e. The van der Waals surface area contributed by atoms with E-state index in [1.54, 1.807) is 71.9 Å². The number of nitrogens with one attached hydrogen (secondary N) is 2. The van der Waals surface area contributed by atoms with Crippen LogP contribution in [0.4, 0.5) is 23.3 Å². The number of nitrogens with zero attached hydrogens (tertiary/aromatic N) is 8. The number of hydrogen-bond donors (Lipinski definition) is 4. The van der Waals surface area contributed by atoms with Gasteiger partial charge in [0.2, 0.25) is 11.8 Å². The fraction of sp³-hybridized carbons (Fsp3) is 0.583. The van der Waals surface area contributed by atoms with E-state index >= 15 is 0 Å². The summed E-state index contributed by atoms with van der Waals surface area (Å²) in [6, 6.07) is 7.63. The molecule has 0 spiro atoms. The second kappa shape index (κ2) is 23.2. The number of fused-ring (bicyclic) bond motifs is 2. The third kappa shape index (κ3) is 12.9. The number of aliphatic hydroxyl groups is 2. The van der Waals surface area contributed by atoms with Crippen molar-refractivity contribution in [2.45, 2.75) is 154 Å². The molecule has 0 bridgehead atoms. The molecule has 69 heavy (non-hydrogen) atoms. The van der Waals surface area contributed by atoms with Gasteiger partial charge in [0.05, 0.1) is 72.1 Å². The van der Waals surface area contributed by atoms with Gasteiger partial charge in [-0.25, -0.2) is 19.9 Å². The minimum absolute atomic E-state index is 0. The number of carbonyl (C=O) groups is 2. The number of pyridine rings is 2. The van der Waals surface area contributed by atoms with Gasteiger partial charge in [-0.1, -0.05) is 13.5 Å². The van der Waals surface area contributed by atoms with Crippen LogP contribution in [0.25, 0.3) is 11.3 Å². The molecule has 3 aliphatic heterocycles. The Morgan fingerprint density at radius 3 is 1.70 bits per heavy atom. The molecule has 1 saturated heterocycles. The zero-order valence-electron chi connectivity index (χ0n) is 40.4. The highest BCUT2D eigenvalue weighted by Gasteiger charge is 2.52. The molecule has 1 atom stereocenters. The lowest BCUT2D eigenvalue weighted by Gasteiger charge is -2.38. The van der Waals surface area contributed by atoms with E-state index in [1.165, 1.54) is 0 Å². The molecule has 2 aliphatic carbocycles. The lowest BCUT2D eigenvalue weighted by Crippen LogP contribution is -2.49. The number of hydrogen-bond acceptors (Lipinski definition) is 16. The Balaban J connectivity index is 0.000000197. The van der Waals surface area contributed by atoms with E-state index in [9.17, 15) is 19.8 Å². The zero-order valence-corrected chi connectivity index (χ0v) is 42.8. The van der Waals surface area contributed by atoms with Crippen LogP contribution in [0.1, 0.15) is 125 Å². The molecule has 1 unspecified atom stereocenters. The van der Waals surface area contributed by atoms with Crippen LogP contribution in [0.2, 0.25) is 0 Å². The van der Waals surface area contributed by atoms with Crippen LogP contribution < -0.4 is 25.9 Å². The van der Waals surface area contributed by atoms with Crippen molar-refractivity contribution in [2.75, 3.05) is 47.7 Å². The van der Waals surface area contributed by atoms with Gasteiger partial charge in [-0.3, -0.25) is 29.4 Å². The number of methoxy groups -OCH3 is 2. The second-order valence-corrected chi connectivity index (χ2v) is 19.9. The predicted molar refractivity (Wildman–Crippen MR) is 273 cm³/mol. The van der Waals surface area contributed by atoms with E-state index in [1.807, 2.05) is 49.6 Å². The molecule has 0 radical (unpaired) electrons. The van der Waals surface area contributed by atoms with Crippen molar-refractivity contribution in [3.05, 3.63) is 65.0 Å². The van der Waals surface area contributed by atoms with Gasteiger partial charge < -0.3 is 39.6 Å². The third-order valence-corrected chi connectivity index (χ3v) is 13.8. The quantitative estimate of drug-likeness (QED) is 0.132. The molecule has 0 aromatic carbocycles. The van der Waals surface area contributed by atoms with E-state index in [0.717, 1.165) is 62.4 Å². The van der Waals surface area contributed by atoms with Gasteiger partial charge in [-0.05, 0) is 134 Å². The van der Waals surface area contributed by atoms with Gasteiger partial charge in [0.1, 0.15) is 10.2 Å². The normalized spacial score (nSPS) is 22.9. The minimum atomic E-state index is -1.01. The van der Waals surface area contributed by atoms with Crippen molar-refractivity contribution in [1.82, 2.24) is 29.9 Å². The van der Waals surface area contributed by atoms with Crippen molar-refractivity contribution in [3.63, 3.8) is 0 Å². The van der Waals surface area contributed by atoms with Crippen LogP contribution in [0, 0.1) is 0 Å². The molecule has 7 heterocycles. The first kappa shape index (κ1) is 55.5. The number of aromatic nitrogens is 6. The number of rotatable bonds is 8. The summed E-state index contributed by atoms with van der Waals surface area (Å²) in [5.41, 5.74) is 1.84. The Labute approximate surface area is 421 Å². The van der Waals surface area contributed by atoms with Gasteiger partial charge in [0, 0.05) is 49.7 Å². The molecule has 4 aromatic rings. The van der Waals surface area contributed by atoms with E-state index < -0.39 is 18.8 Å². The largest absolute Gasteiger partial charge is 0.496 e. The first-order chi connectivity index (χ1) is 31.8. The molecule has 9 rings (SSSR count). The summed E-state index contributed by atoms with van der Waals surface area (Å²) in [5, 5.41) is 25.6. The Bertz CT molecular complexity index is 2330. The van der Waals surface area contributed by atoms with Crippen molar-refractivity contribution >= 4 is 76.0 Å². The molecule has 2 amide bonds. The van der Waals surface area contributed by atoms with Gasteiger partial charge in [0.25, 0.3) is 0 Å². The SMILES string of the molecule is C.COC1CCC(N2C(=O)CNc3ncc(-c4ccc([14C](C)(C)O)nc4)nc32)CC1.COC1CCC(N2C(=O)CNc3ncc(Br)nc32)CC1.C[14CH](O)c1ccc(B2OC(C)(C)C(C)(C)O2)cn1.Cl. The van der Waals surface area contributed by atoms with Crippen molar-refractivity contribution < 1.29 is 38.6 Å². The lowest BCUT2D eigenvalue weighted by atomic mass is 9.80. The molecule has 3 fully saturated rings. The highest BCUT2D eigenvalue weighted by Crippen LogP contribution is 2.38. The van der Waals surface area contributed by atoms with E-state index in [-0.39, 0.29) is 74.1 Å².